The van der Waals surface area contributed by atoms with Crippen molar-refractivity contribution in [1.82, 2.24) is 10.2 Å². The first-order valence-electron chi connectivity index (χ1n) is 12.5. The van der Waals surface area contributed by atoms with Gasteiger partial charge in [0.15, 0.2) is 11.8 Å². The zero-order valence-electron chi connectivity index (χ0n) is 20.4. The van der Waals surface area contributed by atoms with Crippen LogP contribution in [-0.4, -0.2) is 61.7 Å². The molecule has 0 spiro atoms. The van der Waals surface area contributed by atoms with E-state index in [0.717, 1.165) is 45.4 Å². The van der Waals surface area contributed by atoms with Crippen molar-refractivity contribution >= 4 is 23.6 Å². The lowest BCUT2D eigenvalue weighted by Crippen LogP contribution is -2.39. The minimum atomic E-state index is -0.896. The van der Waals surface area contributed by atoms with Crippen LogP contribution in [0.3, 0.4) is 0 Å². The second kappa shape index (κ2) is 11.6. The van der Waals surface area contributed by atoms with Crippen LogP contribution < -0.4 is 21.7 Å². The fourth-order valence-electron chi connectivity index (χ4n) is 4.98. The zero-order chi connectivity index (χ0) is 25.7. The molecule has 0 aromatic heterocycles. The maximum Gasteiger partial charge on any atom is 0.414 e. The first-order valence-corrected chi connectivity index (χ1v) is 12.5. The van der Waals surface area contributed by atoms with Crippen molar-refractivity contribution in [3.63, 3.8) is 0 Å². The van der Waals surface area contributed by atoms with Gasteiger partial charge in [0, 0.05) is 56.4 Å². The second-order valence-corrected chi connectivity index (χ2v) is 9.68. The summed E-state index contributed by atoms with van der Waals surface area (Å²) in [5, 5.41) is 9.03. The number of piperidine rings is 2. The van der Waals surface area contributed by atoms with Gasteiger partial charge >= 0.3 is 6.09 Å². The summed E-state index contributed by atoms with van der Waals surface area (Å²) in [5.74, 6) is -0.425. The molecule has 2 amide bonds. The average molecular weight is 503 g/mol. The van der Waals surface area contributed by atoms with E-state index < -0.39 is 17.9 Å². The largest absolute Gasteiger partial charge is 0.444 e. The Kier molecular flexibility index (Phi) is 8.29. The molecule has 0 bridgehead atoms. The minimum absolute atomic E-state index is 0.162. The molecule has 36 heavy (non-hydrogen) atoms. The Balaban J connectivity index is 1.17. The summed E-state index contributed by atoms with van der Waals surface area (Å²) >= 11 is 0. The Morgan fingerprint density at radius 3 is 2.44 bits per heavy atom. The van der Waals surface area contributed by atoms with E-state index in [1.54, 1.807) is 18.2 Å². The molecular formula is C25H35FN6O4. The third-order valence-corrected chi connectivity index (χ3v) is 7.05. The van der Waals surface area contributed by atoms with Crippen molar-refractivity contribution < 1.29 is 23.5 Å². The third kappa shape index (κ3) is 6.87. The van der Waals surface area contributed by atoms with Crippen molar-refractivity contribution in [3.8, 4) is 0 Å². The predicted molar refractivity (Wildman–Crippen MR) is 133 cm³/mol. The highest BCUT2D eigenvalue weighted by atomic mass is 19.1. The van der Waals surface area contributed by atoms with Crippen molar-refractivity contribution in [2.75, 3.05) is 37.7 Å². The molecule has 1 aromatic carbocycles. The number of rotatable bonds is 9. The number of hydrogen-bond acceptors (Lipinski definition) is 7. The fourth-order valence-corrected chi connectivity index (χ4v) is 4.98. The van der Waals surface area contributed by atoms with Crippen LogP contribution in [0.2, 0.25) is 0 Å². The van der Waals surface area contributed by atoms with E-state index in [1.165, 1.54) is 5.70 Å². The van der Waals surface area contributed by atoms with E-state index in [2.05, 4.69) is 11.0 Å². The number of primary amides is 1. The number of hydrogen-bond donors (Lipinski definition) is 4. The number of halogens is 1. The van der Waals surface area contributed by atoms with Gasteiger partial charge < -0.3 is 30.7 Å². The molecule has 6 N–H and O–H groups in total. The number of nitrogens with zero attached hydrogens (tertiary/aromatic N) is 2. The number of alkyl carbamates (subject to hydrolysis) is 1. The van der Waals surface area contributed by atoms with E-state index in [0.29, 0.717) is 31.1 Å². The van der Waals surface area contributed by atoms with E-state index in [-0.39, 0.29) is 30.1 Å². The average Bonchev–Trinajstić information content (AvgIpc) is 3.60. The van der Waals surface area contributed by atoms with Crippen molar-refractivity contribution in [1.29, 1.82) is 5.41 Å². The number of benzene rings is 1. The quantitative estimate of drug-likeness (QED) is 0.298. The van der Waals surface area contributed by atoms with Crippen molar-refractivity contribution in [2.24, 2.45) is 23.3 Å². The highest BCUT2D eigenvalue weighted by Crippen LogP contribution is 2.37. The van der Waals surface area contributed by atoms with Gasteiger partial charge in [-0.25, -0.2) is 9.18 Å². The Hall–Kier alpha value is -3.34. The summed E-state index contributed by atoms with van der Waals surface area (Å²) in [7, 11) is 0. The lowest BCUT2D eigenvalue weighted by atomic mass is 9.97. The van der Waals surface area contributed by atoms with Gasteiger partial charge in [0.25, 0.3) is 0 Å². The van der Waals surface area contributed by atoms with Crippen molar-refractivity contribution in [3.05, 3.63) is 41.4 Å². The number of anilines is 1. The predicted octanol–water partition coefficient (Wildman–Crippen LogP) is 2.03. The van der Waals surface area contributed by atoms with E-state index in [1.807, 2.05) is 10.2 Å². The van der Waals surface area contributed by atoms with E-state index in [9.17, 15) is 9.59 Å². The SMILES string of the molecule is N=C(N)NC(=O)OCc1cccc(N2CCC(OCC3CCN(C4=CC4CC(N)=O)CC3)CC2)c1F. The van der Waals surface area contributed by atoms with Crippen molar-refractivity contribution in [2.45, 2.75) is 44.8 Å². The number of nitrogens with one attached hydrogen (secondary N) is 2. The van der Waals surface area contributed by atoms with Gasteiger partial charge in [-0.3, -0.25) is 15.5 Å². The number of carbonyl (C=O) groups excluding carboxylic acids is 2. The first-order chi connectivity index (χ1) is 17.3. The molecule has 0 saturated carbocycles. The van der Waals surface area contributed by atoms with Gasteiger partial charge in [0.2, 0.25) is 5.91 Å². The van der Waals surface area contributed by atoms with Crippen LogP contribution >= 0.6 is 0 Å². The topological polar surface area (TPSA) is 147 Å². The monoisotopic (exact) mass is 502 g/mol. The van der Waals surface area contributed by atoms with Crippen LogP contribution in [0.5, 0.6) is 0 Å². The molecule has 11 heteroatoms. The number of carbonyl (C=O) groups is 2. The highest BCUT2D eigenvalue weighted by molar-refractivity contribution is 5.90. The Morgan fingerprint density at radius 2 is 1.78 bits per heavy atom. The molecule has 2 saturated heterocycles. The molecular weight excluding hydrogens is 467 g/mol. The van der Waals surface area contributed by atoms with Crippen LogP contribution in [0, 0.1) is 23.1 Å². The van der Waals surface area contributed by atoms with Gasteiger partial charge in [-0.15, -0.1) is 0 Å². The molecule has 10 nitrogen and oxygen atoms in total. The molecule has 1 atom stereocenters. The molecule has 1 aromatic rings. The molecule has 0 radical (unpaired) electrons. The van der Waals surface area contributed by atoms with Crippen LogP contribution in [0.4, 0.5) is 14.9 Å². The summed E-state index contributed by atoms with van der Waals surface area (Å²) in [6.45, 7) is 3.84. The number of allylic oxidation sites excluding steroid dienone is 2. The van der Waals surface area contributed by atoms with Gasteiger partial charge in [-0.05, 0) is 37.7 Å². The smallest absolute Gasteiger partial charge is 0.414 e. The fraction of sp³-hybridized carbons (Fsp3) is 0.560. The van der Waals surface area contributed by atoms with Gasteiger partial charge in [0.1, 0.15) is 6.61 Å². The molecule has 2 aliphatic heterocycles. The minimum Gasteiger partial charge on any atom is -0.444 e. The van der Waals surface area contributed by atoms with Crippen LogP contribution in [-0.2, 0) is 20.9 Å². The van der Waals surface area contributed by atoms with Gasteiger partial charge in [0.05, 0.1) is 11.8 Å². The molecule has 1 unspecified atom stereocenters. The number of nitrogens with two attached hydrogens (primary N) is 2. The Labute approximate surface area is 210 Å². The Morgan fingerprint density at radius 1 is 1.08 bits per heavy atom. The molecule has 1 aliphatic carbocycles. The maximum atomic E-state index is 15.1. The summed E-state index contributed by atoms with van der Waals surface area (Å²) in [6.07, 6.45) is 5.60. The molecule has 2 fully saturated rings. The summed E-state index contributed by atoms with van der Waals surface area (Å²) in [5.41, 5.74) is 12.4. The standard InChI is InChI=1S/C25H35FN6O4/c26-23-17(15-36-25(34)30-24(28)29)2-1-3-20(23)31-10-6-19(7-11-31)35-14-16-4-8-32(9-5-16)21-12-18(21)13-22(27)33/h1-3,12,16,18-19H,4-11,13-15H2,(H2,27,33)(H4,28,29,30,34). The van der Waals surface area contributed by atoms with Crippen LogP contribution in [0.15, 0.2) is 30.0 Å². The summed E-state index contributed by atoms with van der Waals surface area (Å²) in [6, 6.07) is 5.04. The zero-order valence-corrected chi connectivity index (χ0v) is 20.4. The second-order valence-electron chi connectivity index (χ2n) is 9.68. The lowest BCUT2D eigenvalue weighted by Gasteiger charge is -2.36. The maximum absolute atomic E-state index is 15.1. The van der Waals surface area contributed by atoms with Gasteiger partial charge in [-0.1, -0.05) is 18.2 Å². The molecule has 4 rings (SSSR count). The molecule has 196 valence electrons. The summed E-state index contributed by atoms with van der Waals surface area (Å²) in [4.78, 5) is 27.0. The van der Waals surface area contributed by atoms with Gasteiger partial charge in [-0.2, -0.15) is 0 Å². The molecule has 3 aliphatic rings. The first kappa shape index (κ1) is 25.7. The van der Waals surface area contributed by atoms with Crippen LogP contribution in [0.25, 0.3) is 0 Å². The van der Waals surface area contributed by atoms with Crippen LogP contribution in [0.1, 0.15) is 37.7 Å². The summed E-state index contributed by atoms with van der Waals surface area (Å²) < 4.78 is 26.2. The Bertz CT molecular complexity index is 1000. The number of likely N-dealkylation sites (tertiary alicyclic amines) is 1. The highest BCUT2D eigenvalue weighted by Gasteiger charge is 2.33. The normalized spacial score (nSPS) is 20.6. The number of ether oxygens (including phenoxy) is 2. The third-order valence-electron chi connectivity index (χ3n) is 7.05. The van der Waals surface area contributed by atoms with E-state index >= 15 is 4.39 Å². The number of guanidine groups is 1. The molecule has 2 heterocycles. The number of amides is 2. The lowest BCUT2D eigenvalue weighted by molar-refractivity contribution is -0.118. The van der Waals surface area contributed by atoms with E-state index in [4.69, 9.17) is 26.4 Å².